The van der Waals surface area contributed by atoms with Crippen LogP contribution in [0.15, 0.2) is 40.2 Å². The first-order valence-electron chi connectivity index (χ1n) is 6.09. The second-order valence-corrected chi connectivity index (χ2v) is 6.53. The summed E-state index contributed by atoms with van der Waals surface area (Å²) in [5.41, 5.74) is 0.598. The number of ether oxygens (including phenoxy) is 2. The Bertz CT molecular complexity index is 667. The van der Waals surface area contributed by atoms with Gasteiger partial charge in [0.25, 0.3) is 0 Å². The van der Waals surface area contributed by atoms with E-state index in [0.717, 1.165) is 8.66 Å². The average Bonchev–Trinajstić information content (AvgIpc) is 2.91. The summed E-state index contributed by atoms with van der Waals surface area (Å²) in [6, 6.07) is 9.10. The van der Waals surface area contributed by atoms with Crippen molar-refractivity contribution in [2.24, 2.45) is 0 Å². The van der Waals surface area contributed by atoms with Crippen LogP contribution in [-0.2, 0) is 4.79 Å². The Kier molecular flexibility index (Phi) is 5.41. The summed E-state index contributed by atoms with van der Waals surface area (Å²) in [5.74, 6) is 1.00. The van der Waals surface area contributed by atoms with Crippen LogP contribution in [0.4, 0.5) is 5.69 Å². The maximum Gasteiger partial charge on any atom is 0.248 e. The number of amides is 1. The molecule has 1 N–H and O–H groups in total. The third-order valence-corrected chi connectivity index (χ3v) is 4.25. The van der Waals surface area contributed by atoms with Crippen molar-refractivity contribution < 1.29 is 14.3 Å². The van der Waals surface area contributed by atoms with E-state index in [-0.39, 0.29) is 5.91 Å². The van der Waals surface area contributed by atoms with E-state index in [1.807, 2.05) is 12.1 Å². The minimum Gasteiger partial charge on any atom is -0.497 e. The van der Waals surface area contributed by atoms with Crippen LogP contribution >= 0.6 is 27.3 Å². The van der Waals surface area contributed by atoms with Crippen LogP contribution in [0.1, 0.15) is 4.88 Å². The Hall–Kier alpha value is -1.79. The van der Waals surface area contributed by atoms with Gasteiger partial charge in [-0.05, 0) is 46.3 Å². The number of benzene rings is 1. The fourth-order valence-corrected chi connectivity index (χ4v) is 2.98. The predicted octanol–water partition coefficient (Wildman–Crippen LogP) is 4.18. The lowest BCUT2D eigenvalue weighted by Gasteiger charge is -2.10. The number of carbonyl (C=O) groups excluding carboxylic acids is 1. The minimum absolute atomic E-state index is 0.219. The summed E-state index contributed by atoms with van der Waals surface area (Å²) in [5, 5.41) is 2.78. The fourth-order valence-electron chi connectivity index (χ4n) is 1.65. The van der Waals surface area contributed by atoms with E-state index in [1.165, 1.54) is 6.08 Å². The Morgan fingerprint density at radius 2 is 2.05 bits per heavy atom. The molecule has 1 heterocycles. The first-order chi connectivity index (χ1) is 10.1. The zero-order valence-corrected chi connectivity index (χ0v) is 14.0. The molecule has 6 heteroatoms. The molecule has 0 radical (unpaired) electrons. The standard InChI is InChI=1S/C15H14BrNO3S/c1-19-10-3-6-12(13(9-10)20-2)17-15(18)8-5-11-4-7-14(16)21-11/h3-9H,1-2H3,(H,17,18)/b8-5+. The maximum absolute atomic E-state index is 11.9. The summed E-state index contributed by atoms with van der Waals surface area (Å²) >= 11 is 4.94. The molecule has 1 aromatic heterocycles. The fraction of sp³-hybridized carbons (Fsp3) is 0.133. The minimum atomic E-state index is -0.219. The summed E-state index contributed by atoms with van der Waals surface area (Å²) in [6.45, 7) is 0. The van der Waals surface area contributed by atoms with Crippen LogP contribution in [0.2, 0.25) is 0 Å². The van der Waals surface area contributed by atoms with E-state index in [9.17, 15) is 4.79 Å². The van der Waals surface area contributed by atoms with Gasteiger partial charge < -0.3 is 14.8 Å². The van der Waals surface area contributed by atoms with Crippen molar-refractivity contribution in [2.75, 3.05) is 19.5 Å². The predicted molar refractivity (Wildman–Crippen MR) is 89.2 cm³/mol. The highest BCUT2D eigenvalue weighted by atomic mass is 79.9. The van der Waals surface area contributed by atoms with Crippen LogP contribution in [-0.4, -0.2) is 20.1 Å². The molecule has 0 bridgehead atoms. The molecule has 0 aliphatic rings. The number of anilines is 1. The van der Waals surface area contributed by atoms with E-state index < -0.39 is 0 Å². The lowest BCUT2D eigenvalue weighted by atomic mass is 10.2. The van der Waals surface area contributed by atoms with E-state index in [2.05, 4.69) is 21.2 Å². The Balaban J connectivity index is 2.07. The van der Waals surface area contributed by atoms with Crippen molar-refractivity contribution >= 4 is 44.9 Å². The number of carbonyl (C=O) groups is 1. The zero-order chi connectivity index (χ0) is 15.2. The molecule has 0 aliphatic carbocycles. The van der Waals surface area contributed by atoms with Crippen molar-refractivity contribution in [1.82, 2.24) is 0 Å². The Morgan fingerprint density at radius 1 is 1.24 bits per heavy atom. The van der Waals surface area contributed by atoms with Crippen LogP contribution in [0.3, 0.4) is 0 Å². The van der Waals surface area contributed by atoms with Crippen LogP contribution in [0, 0.1) is 0 Å². The quantitative estimate of drug-likeness (QED) is 0.806. The lowest BCUT2D eigenvalue weighted by Crippen LogP contribution is -2.08. The molecule has 0 atom stereocenters. The highest BCUT2D eigenvalue weighted by Gasteiger charge is 2.07. The monoisotopic (exact) mass is 367 g/mol. The van der Waals surface area contributed by atoms with Gasteiger partial charge in [-0.15, -0.1) is 11.3 Å². The molecule has 0 fully saturated rings. The molecular weight excluding hydrogens is 354 g/mol. The summed E-state index contributed by atoms with van der Waals surface area (Å²) < 4.78 is 11.4. The van der Waals surface area contributed by atoms with Gasteiger partial charge in [0, 0.05) is 17.0 Å². The van der Waals surface area contributed by atoms with E-state index in [4.69, 9.17) is 9.47 Å². The SMILES string of the molecule is COc1ccc(NC(=O)/C=C/c2ccc(Br)s2)c(OC)c1. The number of halogens is 1. The average molecular weight is 368 g/mol. The van der Waals surface area contributed by atoms with Gasteiger partial charge in [0.1, 0.15) is 11.5 Å². The first kappa shape index (κ1) is 15.6. The Morgan fingerprint density at radius 3 is 2.67 bits per heavy atom. The summed E-state index contributed by atoms with van der Waals surface area (Å²) in [6.07, 6.45) is 3.25. The van der Waals surface area contributed by atoms with Gasteiger partial charge in [0.15, 0.2) is 0 Å². The first-order valence-corrected chi connectivity index (χ1v) is 7.69. The molecule has 0 unspecified atom stereocenters. The van der Waals surface area contributed by atoms with Crippen molar-refractivity contribution in [3.05, 3.63) is 45.1 Å². The highest BCUT2D eigenvalue weighted by molar-refractivity contribution is 9.11. The zero-order valence-electron chi connectivity index (χ0n) is 11.6. The molecule has 2 rings (SSSR count). The van der Waals surface area contributed by atoms with E-state index >= 15 is 0 Å². The molecule has 1 amide bonds. The van der Waals surface area contributed by atoms with Gasteiger partial charge in [-0.2, -0.15) is 0 Å². The van der Waals surface area contributed by atoms with Gasteiger partial charge in [-0.1, -0.05) is 0 Å². The molecule has 0 saturated carbocycles. The molecule has 21 heavy (non-hydrogen) atoms. The second-order valence-electron chi connectivity index (χ2n) is 4.03. The van der Waals surface area contributed by atoms with Crippen LogP contribution < -0.4 is 14.8 Å². The molecule has 4 nitrogen and oxygen atoms in total. The number of hydrogen-bond donors (Lipinski definition) is 1. The molecule has 0 aliphatic heterocycles. The van der Waals surface area contributed by atoms with Crippen molar-refractivity contribution in [1.29, 1.82) is 0 Å². The molecule has 0 saturated heterocycles. The normalized spacial score (nSPS) is 10.6. The lowest BCUT2D eigenvalue weighted by molar-refractivity contribution is -0.111. The van der Waals surface area contributed by atoms with Crippen molar-refractivity contribution in [3.8, 4) is 11.5 Å². The third kappa shape index (κ3) is 4.34. The van der Waals surface area contributed by atoms with Gasteiger partial charge in [-0.3, -0.25) is 4.79 Å². The number of methoxy groups -OCH3 is 2. The molecule has 1 aromatic carbocycles. The molecule has 0 spiro atoms. The Labute approximate surface area is 135 Å². The second kappa shape index (κ2) is 7.28. The van der Waals surface area contributed by atoms with E-state index in [1.54, 1.807) is 49.8 Å². The van der Waals surface area contributed by atoms with Crippen LogP contribution in [0.5, 0.6) is 11.5 Å². The van der Waals surface area contributed by atoms with Crippen molar-refractivity contribution in [2.45, 2.75) is 0 Å². The summed E-state index contributed by atoms with van der Waals surface area (Å²) in [7, 11) is 3.12. The molecule has 110 valence electrons. The highest BCUT2D eigenvalue weighted by Crippen LogP contribution is 2.29. The maximum atomic E-state index is 11.9. The number of thiophene rings is 1. The molecule has 2 aromatic rings. The summed E-state index contributed by atoms with van der Waals surface area (Å²) in [4.78, 5) is 12.9. The topological polar surface area (TPSA) is 47.6 Å². The van der Waals surface area contributed by atoms with E-state index in [0.29, 0.717) is 17.2 Å². The van der Waals surface area contributed by atoms with Gasteiger partial charge >= 0.3 is 0 Å². The largest absolute Gasteiger partial charge is 0.497 e. The van der Waals surface area contributed by atoms with Crippen LogP contribution in [0.25, 0.3) is 6.08 Å². The molecular formula is C15H14BrNO3S. The smallest absolute Gasteiger partial charge is 0.248 e. The number of nitrogens with one attached hydrogen (secondary N) is 1. The number of hydrogen-bond acceptors (Lipinski definition) is 4. The van der Waals surface area contributed by atoms with Gasteiger partial charge in [-0.25, -0.2) is 0 Å². The number of rotatable bonds is 5. The third-order valence-electron chi connectivity index (χ3n) is 2.66. The van der Waals surface area contributed by atoms with Gasteiger partial charge in [0.05, 0.1) is 23.7 Å². The van der Waals surface area contributed by atoms with Crippen molar-refractivity contribution in [3.63, 3.8) is 0 Å². The van der Waals surface area contributed by atoms with Gasteiger partial charge in [0.2, 0.25) is 5.91 Å².